The molecule has 6 heteroatoms. The topological polar surface area (TPSA) is 50.4 Å². The van der Waals surface area contributed by atoms with E-state index in [0.29, 0.717) is 19.2 Å². The number of carbonyl (C=O) groups excluding carboxylic acids is 1. The number of halogens is 2. The van der Waals surface area contributed by atoms with Gasteiger partial charge in [-0.25, -0.2) is 4.39 Å². The molecule has 0 bridgehead atoms. The summed E-state index contributed by atoms with van der Waals surface area (Å²) in [6, 6.07) is 14.4. The molecule has 0 unspecified atom stereocenters. The minimum absolute atomic E-state index is 0. The predicted molar refractivity (Wildman–Crippen MR) is 106 cm³/mol. The van der Waals surface area contributed by atoms with E-state index in [0.717, 1.165) is 36.3 Å². The lowest BCUT2D eigenvalue weighted by Crippen LogP contribution is -2.42. The van der Waals surface area contributed by atoms with Crippen molar-refractivity contribution < 1.29 is 13.9 Å². The number of hydrogen-bond donors (Lipinski definition) is 2. The molecule has 1 fully saturated rings. The fraction of sp³-hybridized carbons (Fsp3) is 0.381. The van der Waals surface area contributed by atoms with Crippen LogP contribution in [0.15, 0.2) is 48.5 Å². The van der Waals surface area contributed by atoms with Gasteiger partial charge in [-0.15, -0.1) is 12.4 Å². The van der Waals surface area contributed by atoms with Crippen LogP contribution in [0.25, 0.3) is 0 Å². The summed E-state index contributed by atoms with van der Waals surface area (Å²) >= 11 is 0. The SMILES string of the molecule is C[C@H]1C[C@@H](C(=O)NCc2ccc(OCc3cccc(F)c3)cc2)CCN1.Cl. The predicted octanol–water partition coefficient (Wildman–Crippen LogP) is 3.83. The highest BCUT2D eigenvalue weighted by atomic mass is 35.5. The maximum atomic E-state index is 13.2. The summed E-state index contributed by atoms with van der Waals surface area (Å²) in [6.45, 7) is 3.85. The van der Waals surface area contributed by atoms with Gasteiger partial charge in [0.25, 0.3) is 0 Å². The summed E-state index contributed by atoms with van der Waals surface area (Å²) in [7, 11) is 0. The van der Waals surface area contributed by atoms with Gasteiger partial charge < -0.3 is 15.4 Å². The molecule has 0 aliphatic carbocycles. The number of rotatable bonds is 6. The zero-order valence-corrected chi connectivity index (χ0v) is 16.2. The molecule has 146 valence electrons. The summed E-state index contributed by atoms with van der Waals surface area (Å²) in [6.07, 6.45) is 1.78. The van der Waals surface area contributed by atoms with Crippen LogP contribution in [-0.2, 0) is 17.9 Å². The zero-order valence-electron chi connectivity index (χ0n) is 15.4. The van der Waals surface area contributed by atoms with Gasteiger partial charge in [0.1, 0.15) is 18.2 Å². The molecule has 3 rings (SSSR count). The minimum Gasteiger partial charge on any atom is -0.489 e. The third kappa shape index (κ3) is 6.52. The van der Waals surface area contributed by atoms with E-state index >= 15 is 0 Å². The van der Waals surface area contributed by atoms with Crippen molar-refractivity contribution in [2.75, 3.05) is 6.54 Å². The summed E-state index contributed by atoms with van der Waals surface area (Å²) in [5.74, 6) is 0.682. The van der Waals surface area contributed by atoms with Crippen LogP contribution in [0.1, 0.15) is 30.9 Å². The van der Waals surface area contributed by atoms with Crippen molar-refractivity contribution >= 4 is 18.3 Å². The van der Waals surface area contributed by atoms with E-state index in [1.54, 1.807) is 6.07 Å². The van der Waals surface area contributed by atoms with Crippen molar-refractivity contribution in [3.63, 3.8) is 0 Å². The lowest BCUT2D eigenvalue weighted by atomic mass is 9.92. The maximum Gasteiger partial charge on any atom is 0.223 e. The molecule has 4 nitrogen and oxygen atoms in total. The molecule has 2 atom stereocenters. The van der Waals surface area contributed by atoms with Gasteiger partial charge in [0.2, 0.25) is 5.91 Å². The second-order valence-corrected chi connectivity index (χ2v) is 6.86. The summed E-state index contributed by atoms with van der Waals surface area (Å²) in [4.78, 5) is 12.3. The normalized spacial score (nSPS) is 19.0. The van der Waals surface area contributed by atoms with E-state index in [-0.39, 0.29) is 30.0 Å². The Bertz CT molecular complexity index is 739. The largest absolute Gasteiger partial charge is 0.489 e. The molecule has 1 amide bonds. The molecule has 0 radical (unpaired) electrons. The van der Waals surface area contributed by atoms with Gasteiger partial charge in [-0.05, 0) is 61.7 Å². The van der Waals surface area contributed by atoms with E-state index in [1.807, 2.05) is 30.3 Å². The Hall–Kier alpha value is -2.11. The molecule has 1 aliphatic heterocycles. The quantitative estimate of drug-likeness (QED) is 0.785. The Kier molecular flexibility index (Phi) is 8.07. The van der Waals surface area contributed by atoms with Gasteiger partial charge in [-0.2, -0.15) is 0 Å². The molecule has 1 saturated heterocycles. The third-order valence-corrected chi connectivity index (χ3v) is 4.68. The second-order valence-electron chi connectivity index (χ2n) is 6.86. The van der Waals surface area contributed by atoms with Gasteiger partial charge >= 0.3 is 0 Å². The highest BCUT2D eigenvalue weighted by molar-refractivity contribution is 5.85. The molecule has 2 N–H and O–H groups in total. The molecule has 2 aromatic rings. The Morgan fingerprint density at radius 3 is 2.70 bits per heavy atom. The number of benzene rings is 2. The average Bonchev–Trinajstić information content (AvgIpc) is 2.65. The van der Waals surface area contributed by atoms with Crippen LogP contribution < -0.4 is 15.4 Å². The van der Waals surface area contributed by atoms with E-state index in [9.17, 15) is 9.18 Å². The van der Waals surface area contributed by atoms with Crippen molar-refractivity contribution in [1.29, 1.82) is 0 Å². The van der Waals surface area contributed by atoms with Gasteiger partial charge in [0.05, 0.1) is 0 Å². The molecule has 1 heterocycles. The molecule has 1 aliphatic rings. The Morgan fingerprint density at radius 2 is 2.00 bits per heavy atom. The summed E-state index contributed by atoms with van der Waals surface area (Å²) in [5, 5.41) is 6.38. The fourth-order valence-corrected chi connectivity index (χ4v) is 3.20. The lowest BCUT2D eigenvalue weighted by Gasteiger charge is -2.27. The average molecular weight is 393 g/mol. The number of amides is 1. The molecule has 27 heavy (non-hydrogen) atoms. The van der Waals surface area contributed by atoms with E-state index in [2.05, 4.69) is 17.6 Å². The first kappa shape index (κ1) is 21.2. The van der Waals surface area contributed by atoms with Crippen molar-refractivity contribution in [2.24, 2.45) is 5.92 Å². The molecule has 0 spiro atoms. The zero-order chi connectivity index (χ0) is 18.4. The number of carbonyl (C=O) groups is 1. The first-order valence-corrected chi connectivity index (χ1v) is 9.07. The van der Waals surface area contributed by atoms with Crippen LogP contribution in [0.2, 0.25) is 0 Å². The van der Waals surface area contributed by atoms with Crippen LogP contribution >= 0.6 is 12.4 Å². The van der Waals surface area contributed by atoms with Gasteiger partial charge in [0.15, 0.2) is 0 Å². The maximum absolute atomic E-state index is 13.2. The van der Waals surface area contributed by atoms with Crippen molar-refractivity contribution in [3.05, 3.63) is 65.5 Å². The van der Waals surface area contributed by atoms with Crippen molar-refractivity contribution in [2.45, 2.75) is 39.0 Å². The highest BCUT2D eigenvalue weighted by Gasteiger charge is 2.24. The van der Waals surface area contributed by atoms with Gasteiger partial charge in [-0.3, -0.25) is 4.79 Å². The van der Waals surface area contributed by atoms with Crippen LogP contribution in [0.4, 0.5) is 4.39 Å². The highest BCUT2D eigenvalue weighted by Crippen LogP contribution is 2.17. The summed E-state index contributed by atoms with van der Waals surface area (Å²) in [5.41, 5.74) is 1.82. The first-order chi connectivity index (χ1) is 12.6. The smallest absolute Gasteiger partial charge is 0.223 e. The van der Waals surface area contributed by atoms with E-state index < -0.39 is 0 Å². The minimum atomic E-state index is -0.264. The first-order valence-electron chi connectivity index (χ1n) is 9.07. The lowest BCUT2D eigenvalue weighted by molar-refractivity contribution is -0.126. The fourth-order valence-electron chi connectivity index (χ4n) is 3.20. The Balaban J connectivity index is 0.00000261. The molecule has 0 saturated carbocycles. The number of ether oxygens (including phenoxy) is 1. The number of hydrogen-bond acceptors (Lipinski definition) is 3. The van der Waals surface area contributed by atoms with Crippen LogP contribution in [0.5, 0.6) is 5.75 Å². The Labute approximate surface area is 165 Å². The molecule has 0 aromatic heterocycles. The third-order valence-electron chi connectivity index (χ3n) is 4.68. The monoisotopic (exact) mass is 392 g/mol. The van der Waals surface area contributed by atoms with Crippen LogP contribution in [-0.4, -0.2) is 18.5 Å². The van der Waals surface area contributed by atoms with Crippen molar-refractivity contribution in [3.8, 4) is 5.75 Å². The van der Waals surface area contributed by atoms with Crippen LogP contribution in [0.3, 0.4) is 0 Å². The van der Waals surface area contributed by atoms with Crippen molar-refractivity contribution in [1.82, 2.24) is 10.6 Å². The number of nitrogens with one attached hydrogen (secondary N) is 2. The van der Waals surface area contributed by atoms with Gasteiger partial charge in [0, 0.05) is 18.5 Å². The molecule has 2 aromatic carbocycles. The van der Waals surface area contributed by atoms with E-state index in [4.69, 9.17) is 4.74 Å². The van der Waals surface area contributed by atoms with E-state index in [1.165, 1.54) is 12.1 Å². The standard InChI is InChI=1S/C21H25FN2O2.ClH/c1-15-11-18(9-10-23-15)21(25)24-13-16-5-7-20(8-6-16)26-14-17-3-2-4-19(22)12-17;/h2-8,12,15,18,23H,9-11,13-14H2,1H3,(H,24,25);1H/t15-,18-;/m0./s1. The van der Waals surface area contributed by atoms with Gasteiger partial charge in [-0.1, -0.05) is 24.3 Å². The number of piperidine rings is 1. The molecular weight excluding hydrogens is 367 g/mol. The second kappa shape index (κ2) is 10.3. The summed E-state index contributed by atoms with van der Waals surface area (Å²) < 4.78 is 18.8. The molecular formula is C21H26ClFN2O2. The van der Waals surface area contributed by atoms with Crippen LogP contribution in [0, 0.1) is 11.7 Å². The Morgan fingerprint density at radius 1 is 1.22 bits per heavy atom.